The lowest BCUT2D eigenvalue weighted by Gasteiger charge is -2.62. The first-order valence-electron chi connectivity index (χ1n) is 8.32. The quantitative estimate of drug-likeness (QED) is 0.444. The number of nitrogens with zero attached hydrogens (tertiary/aromatic N) is 1. The van der Waals surface area contributed by atoms with Crippen LogP contribution in [0.5, 0.6) is 0 Å². The van der Waals surface area contributed by atoms with E-state index in [0.717, 1.165) is 5.56 Å². The molecule has 1 nitrogen and oxygen atoms in total. The van der Waals surface area contributed by atoms with Crippen LogP contribution >= 0.6 is 8.07 Å². The van der Waals surface area contributed by atoms with Crippen LogP contribution in [0.2, 0.25) is 0 Å². The van der Waals surface area contributed by atoms with Gasteiger partial charge in [-0.3, -0.25) is 4.67 Å². The Hall–Kier alpha value is -0.860. The fourth-order valence-electron chi connectivity index (χ4n) is 6.19. The molecule has 5 aliphatic rings. The third-order valence-electron chi connectivity index (χ3n) is 7.68. The Morgan fingerprint density at radius 2 is 1.42 bits per heavy atom. The van der Waals surface area contributed by atoms with Gasteiger partial charge >= 0.3 is 6.18 Å². The fourth-order valence-corrected chi connectivity index (χ4v) is 11.3. The van der Waals surface area contributed by atoms with Gasteiger partial charge in [0.25, 0.3) is 0 Å². The molecule has 0 aromatic heterocycles. The maximum atomic E-state index is 12.9. The van der Waals surface area contributed by atoms with Crippen LogP contribution in [0.1, 0.15) is 51.8 Å². The van der Waals surface area contributed by atoms with E-state index in [-0.39, 0.29) is 29.8 Å². The van der Waals surface area contributed by atoms with Crippen LogP contribution in [0.3, 0.4) is 0 Å². The van der Waals surface area contributed by atoms with Crippen LogP contribution in [0, 0.1) is 5.41 Å². The molecule has 1 aromatic carbocycles. The molecule has 6 rings (SSSR count). The van der Waals surface area contributed by atoms with E-state index in [4.69, 9.17) is 0 Å². The van der Waals surface area contributed by atoms with Gasteiger partial charge in [0.05, 0.1) is 5.56 Å². The van der Waals surface area contributed by atoms with Gasteiger partial charge in [-0.05, 0) is 60.5 Å². The van der Waals surface area contributed by atoms with Gasteiger partial charge in [0.2, 0.25) is 0 Å². The van der Waals surface area contributed by atoms with Gasteiger partial charge in [-0.15, -0.1) is 0 Å². The molecule has 0 spiro atoms. The number of fused-ring (bicyclic) bond motifs is 1. The predicted molar refractivity (Wildman–Crippen MR) is 92.2 cm³/mol. The zero-order valence-corrected chi connectivity index (χ0v) is 15.8. The first-order chi connectivity index (χ1) is 10.9. The monoisotopic (exact) mass is 353 g/mol. The molecule has 24 heavy (non-hydrogen) atoms. The Balaban J connectivity index is 1.80. The molecule has 2 unspecified atom stereocenters. The molecule has 3 saturated heterocycles. The molecule has 0 radical (unpaired) electrons. The van der Waals surface area contributed by atoms with Crippen LogP contribution in [0.4, 0.5) is 13.2 Å². The summed E-state index contributed by atoms with van der Waals surface area (Å²) in [5, 5.41) is 0.340. The van der Waals surface area contributed by atoms with E-state index < -0.39 is 11.7 Å². The van der Waals surface area contributed by atoms with Crippen molar-refractivity contribution in [1.82, 2.24) is 4.67 Å². The number of allylic oxidation sites excluding steroid dienone is 2. The Labute approximate surface area is 142 Å². The van der Waals surface area contributed by atoms with Crippen molar-refractivity contribution >= 4 is 8.07 Å². The number of benzene rings is 1. The minimum absolute atomic E-state index is 0.0500. The third kappa shape index (κ3) is 1.37. The summed E-state index contributed by atoms with van der Waals surface area (Å²) in [6.07, 6.45) is -4.28. The molecule has 4 bridgehead atoms. The molecule has 0 amide bonds. The van der Waals surface area contributed by atoms with E-state index in [1.807, 2.05) is 0 Å². The third-order valence-corrected chi connectivity index (χ3v) is 11.8. The minimum atomic E-state index is -4.28. The molecule has 5 heteroatoms. The Kier molecular flexibility index (Phi) is 2.95. The van der Waals surface area contributed by atoms with Crippen LogP contribution in [0.15, 0.2) is 35.4 Å². The van der Waals surface area contributed by atoms with Crippen LogP contribution in [0.25, 0.3) is 0 Å². The van der Waals surface area contributed by atoms with Gasteiger partial charge in [0, 0.05) is 21.8 Å². The van der Waals surface area contributed by atoms with E-state index in [2.05, 4.69) is 46.3 Å². The molecule has 3 atom stereocenters. The summed E-state index contributed by atoms with van der Waals surface area (Å²) in [6.45, 7) is 11.6. The summed E-state index contributed by atoms with van der Waals surface area (Å²) in [7, 11) is 1.82. The lowest BCUT2D eigenvalue weighted by atomic mass is 9.63. The highest BCUT2D eigenvalue weighted by Gasteiger charge is 2.87. The van der Waals surface area contributed by atoms with E-state index >= 15 is 0 Å². The van der Waals surface area contributed by atoms with Crippen molar-refractivity contribution in [3.8, 4) is 0 Å². The zero-order chi connectivity index (χ0) is 17.9. The smallest absolute Gasteiger partial charge is 0.276 e. The molecular formula is C19H23F3NP. The first-order valence-corrected chi connectivity index (χ1v) is 9.61. The molecule has 4 heterocycles. The van der Waals surface area contributed by atoms with E-state index in [0.29, 0.717) is 0 Å². The van der Waals surface area contributed by atoms with Crippen molar-refractivity contribution in [2.45, 2.75) is 57.1 Å². The van der Waals surface area contributed by atoms with E-state index in [1.165, 1.54) is 23.3 Å². The predicted octanol–water partition coefficient (Wildman–Crippen LogP) is 5.98. The van der Waals surface area contributed by atoms with E-state index in [1.54, 1.807) is 12.1 Å². The number of hydrogen-bond acceptors (Lipinski definition) is 1. The average Bonchev–Trinajstić information content (AvgIpc) is 2.94. The highest BCUT2D eigenvalue weighted by Crippen LogP contribution is 2.99. The van der Waals surface area contributed by atoms with Crippen molar-refractivity contribution in [3.05, 3.63) is 46.5 Å². The largest absolute Gasteiger partial charge is 0.416 e. The summed E-state index contributed by atoms with van der Waals surface area (Å²) in [5.41, 5.74) is 3.49. The number of rotatable bonds is 1. The van der Waals surface area contributed by atoms with Crippen molar-refractivity contribution in [2.75, 3.05) is 7.05 Å². The van der Waals surface area contributed by atoms with Gasteiger partial charge in [0.15, 0.2) is 0 Å². The van der Waals surface area contributed by atoms with Gasteiger partial charge in [0.1, 0.15) is 0 Å². The average molecular weight is 353 g/mol. The summed E-state index contributed by atoms with van der Waals surface area (Å²) < 4.78 is 41.1. The molecular weight excluding hydrogens is 330 g/mol. The zero-order valence-electron chi connectivity index (χ0n) is 14.9. The maximum absolute atomic E-state index is 12.9. The number of hydrogen-bond donors (Lipinski definition) is 0. The summed E-state index contributed by atoms with van der Waals surface area (Å²) in [6, 6.07) is 6.00. The van der Waals surface area contributed by atoms with Crippen molar-refractivity contribution in [1.29, 1.82) is 0 Å². The lowest BCUT2D eigenvalue weighted by molar-refractivity contribution is -0.137. The summed E-state index contributed by atoms with van der Waals surface area (Å²) >= 11 is 0. The second-order valence-electron chi connectivity index (χ2n) is 8.00. The minimum Gasteiger partial charge on any atom is -0.276 e. The number of halogens is 3. The van der Waals surface area contributed by atoms with Crippen LogP contribution in [-0.2, 0) is 6.18 Å². The highest BCUT2D eigenvalue weighted by atomic mass is 31.1. The molecule has 130 valence electrons. The molecule has 4 aliphatic heterocycles. The summed E-state index contributed by atoms with van der Waals surface area (Å²) in [5.74, 6) is 0. The molecule has 0 N–H and O–H groups in total. The van der Waals surface area contributed by atoms with E-state index in [9.17, 15) is 13.2 Å². The lowest BCUT2D eigenvalue weighted by Crippen LogP contribution is -2.59. The molecule has 1 aliphatic carbocycles. The first kappa shape index (κ1) is 16.6. The van der Waals surface area contributed by atoms with Gasteiger partial charge < -0.3 is 0 Å². The van der Waals surface area contributed by atoms with Crippen LogP contribution < -0.4 is 0 Å². The van der Waals surface area contributed by atoms with Crippen LogP contribution in [-0.4, -0.2) is 22.0 Å². The highest BCUT2D eigenvalue weighted by molar-refractivity contribution is 7.62. The standard InChI is InChI=1S/C19H23F3NP/c1-11-12(2)18(5)16(3)15(23(6)24(18)17(11,16)4)13-7-9-14(10-8-13)19(20,21)22/h7-10,15H,1-6H3/t15-,16?,17?,18?,24?/m1/s1. The van der Waals surface area contributed by atoms with Gasteiger partial charge in [-0.1, -0.05) is 30.2 Å². The Morgan fingerprint density at radius 3 is 1.79 bits per heavy atom. The Bertz CT molecular complexity index is 740. The molecule has 1 aromatic rings. The SMILES string of the molecule is CC1=C(C)C2(C)P3N(C)[C@H](c4ccc(C(F)(F)F)cc4)C2(C)C13C. The van der Waals surface area contributed by atoms with Crippen molar-refractivity contribution in [3.63, 3.8) is 0 Å². The van der Waals surface area contributed by atoms with Crippen molar-refractivity contribution in [2.24, 2.45) is 5.41 Å². The van der Waals surface area contributed by atoms with Gasteiger partial charge in [-0.25, -0.2) is 0 Å². The van der Waals surface area contributed by atoms with Crippen molar-refractivity contribution < 1.29 is 13.2 Å². The molecule has 3 fully saturated rings. The second-order valence-corrected chi connectivity index (χ2v) is 11.0. The summed E-state index contributed by atoms with van der Waals surface area (Å²) in [4.78, 5) is 0. The topological polar surface area (TPSA) is 3.24 Å². The maximum Gasteiger partial charge on any atom is 0.416 e. The second kappa shape index (κ2) is 4.27. The Morgan fingerprint density at radius 1 is 0.958 bits per heavy atom. The number of alkyl halides is 3. The molecule has 0 saturated carbocycles. The fraction of sp³-hybridized carbons (Fsp3) is 0.579. The normalized spacial score (nSPS) is 44.2. The van der Waals surface area contributed by atoms with Gasteiger partial charge in [-0.2, -0.15) is 13.2 Å².